The molecule has 2 aliphatic rings. The Labute approximate surface area is 265 Å². The zero-order chi connectivity index (χ0) is 31.9. The summed E-state index contributed by atoms with van der Waals surface area (Å²) in [5, 5.41) is 13.0. The first-order chi connectivity index (χ1) is 22.3. The van der Waals surface area contributed by atoms with E-state index in [9.17, 15) is 9.90 Å². The highest BCUT2D eigenvalue weighted by atomic mass is 16.8. The van der Waals surface area contributed by atoms with E-state index in [0.29, 0.717) is 17.0 Å². The topological polar surface area (TPSA) is 130 Å². The van der Waals surface area contributed by atoms with Gasteiger partial charge in [-0.05, 0) is 48.7 Å². The number of nitrogens with zero attached hydrogens (tertiary/aromatic N) is 4. The Kier molecular flexibility index (Phi) is 7.52. The second kappa shape index (κ2) is 11.7. The van der Waals surface area contributed by atoms with Crippen LogP contribution in [0.25, 0.3) is 11.2 Å². The Hall–Kier alpha value is -5.10. The summed E-state index contributed by atoms with van der Waals surface area (Å²) in [5.74, 6) is -0.702. The number of nitrogens with one attached hydrogen (secondary N) is 1. The molecular formula is C35H33N5O6. The van der Waals surface area contributed by atoms with Gasteiger partial charge in [-0.2, -0.15) is 0 Å². The summed E-state index contributed by atoms with van der Waals surface area (Å²) in [6.07, 6.45) is 3.28. The number of carbonyl (C=O) groups is 1. The highest BCUT2D eigenvalue weighted by Gasteiger charge is 2.55. The van der Waals surface area contributed by atoms with Gasteiger partial charge < -0.3 is 29.4 Å². The molecule has 2 aromatic heterocycles. The minimum atomic E-state index is -1.07. The van der Waals surface area contributed by atoms with Crippen molar-refractivity contribution < 1.29 is 28.8 Å². The molecule has 2 fully saturated rings. The molecule has 2 N–H and O–H groups in total. The summed E-state index contributed by atoms with van der Waals surface area (Å²) >= 11 is 0. The van der Waals surface area contributed by atoms with E-state index >= 15 is 0 Å². The van der Waals surface area contributed by atoms with Crippen molar-refractivity contribution in [2.45, 2.75) is 49.7 Å². The van der Waals surface area contributed by atoms with E-state index in [1.54, 1.807) is 18.0 Å². The summed E-state index contributed by atoms with van der Waals surface area (Å²) in [5.41, 5.74) is 3.11. The number of anilines is 1. The molecule has 0 amide bonds. The molecule has 2 aliphatic heterocycles. The molecule has 0 bridgehead atoms. The number of hydrogen-bond donors (Lipinski definition) is 2. The quantitative estimate of drug-likeness (QED) is 0.166. The third-order valence-corrected chi connectivity index (χ3v) is 8.37. The molecule has 7 rings (SSSR count). The smallest absolute Gasteiger partial charge is 0.328 e. The Morgan fingerprint density at radius 2 is 1.54 bits per heavy atom. The second-order valence-corrected chi connectivity index (χ2v) is 11.6. The molecule has 0 aliphatic carbocycles. The number of carboxylic acids is 1. The van der Waals surface area contributed by atoms with E-state index in [2.05, 4.69) is 34.6 Å². The number of imidazole rings is 1. The minimum absolute atomic E-state index is 0.507. The van der Waals surface area contributed by atoms with Crippen LogP contribution in [0.15, 0.2) is 110 Å². The molecule has 5 aromatic rings. The highest BCUT2D eigenvalue weighted by molar-refractivity contribution is 5.84. The Balaban J connectivity index is 1.35. The number of benzene rings is 3. The van der Waals surface area contributed by atoms with Gasteiger partial charge in [-0.25, -0.2) is 19.7 Å². The number of methoxy groups -OCH3 is 1. The van der Waals surface area contributed by atoms with E-state index in [-0.39, 0.29) is 0 Å². The number of hydrogen-bond acceptors (Lipinski definition) is 9. The maximum absolute atomic E-state index is 11.3. The fraction of sp³-hybridized carbons (Fsp3) is 0.257. The lowest BCUT2D eigenvalue weighted by Crippen LogP contribution is -2.38. The van der Waals surface area contributed by atoms with Gasteiger partial charge in [0.2, 0.25) is 0 Å². The number of aliphatic carboxylic acids is 1. The molecule has 4 atom stereocenters. The third kappa shape index (κ3) is 5.18. The number of rotatable bonds is 9. The van der Waals surface area contributed by atoms with E-state index in [1.165, 1.54) is 12.4 Å². The number of fused-ring (bicyclic) bond motifs is 2. The van der Waals surface area contributed by atoms with Crippen molar-refractivity contribution in [3.05, 3.63) is 126 Å². The summed E-state index contributed by atoms with van der Waals surface area (Å²) < 4.78 is 26.0. The van der Waals surface area contributed by atoms with Crippen LogP contribution in [0, 0.1) is 0 Å². The van der Waals surface area contributed by atoms with Crippen LogP contribution in [0.2, 0.25) is 0 Å². The minimum Gasteiger partial charge on any atom is -0.497 e. The molecule has 11 nitrogen and oxygen atoms in total. The van der Waals surface area contributed by atoms with Gasteiger partial charge in [-0.3, -0.25) is 4.57 Å². The molecule has 11 heteroatoms. The molecule has 234 valence electrons. The second-order valence-electron chi connectivity index (χ2n) is 11.6. The molecule has 4 heterocycles. The van der Waals surface area contributed by atoms with Gasteiger partial charge in [0.1, 0.15) is 35.9 Å². The molecule has 0 radical (unpaired) electrons. The first-order valence-electron chi connectivity index (χ1n) is 14.9. The van der Waals surface area contributed by atoms with E-state index in [1.807, 2.05) is 74.5 Å². The van der Waals surface area contributed by atoms with Crippen LogP contribution in [0.3, 0.4) is 0 Å². The van der Waals surface area contributed by atoms with Gasteiger partial charge in [-0.15, -0.1) is 0 Å². The fourth-order valence-corrected chi connectivity index (χ4v) is 6.40. The maximum atomic E-state index is 11.3. The van der Waals surface area contributed by atoms with Crippen LogP contribution < -0.4 is 10.1 Å². The number of carboxylic acid groups (broad SMARTS) is 1. The molecule has 46 heavy (non-hydrogen) atoms. The van der Waals surface area contributed by atoms with Crippen molar-refractivity contribution in [2.75, 3.05) is 12.4 Å². The van der Waals surface area contributed by atoms with Gasteiger partial charge in [0.25, 0.3) is 0 Å². The van der Waals surface area contributed by atoms with E-state index in [0.717, 1.165) is 28.5 Å². The summed E-state index contributed by atoms with van der Waals surface area (Å²) in [4.78, 5) is 25.4. The predicted octanol–water partition coefficient (Wildman–Crippen LogP) is 5.30. The fourth-order valence-electron chi connectivity index (χ4n) is 6.40. The molecular weight excluding hydrogens is 586 g/mol. The number of aromatic nitrogens is 4. The summed E-state index contributed by atoms with van der Waals surface area (Å²) in [6, 6.07) is 28.3. The Bertz CT molecular complexity index is 1840. The van der Waals surface area contributed by atoms with Gasteiger partial charge in [0.05, 0.1) is 13.4 Å². The van der Waals surface area contributed by atoms with Crippen molar-refractivity contribution in [3.8, 4) is 5.75 Å². The van der Waals surface area contributed by atoms with Crippen molar-refractivity contribution in [1.29, 1.82) is 0 Å². The molecule has 3 aromatic carbocycles. The zero-order valence-corrected chi connectivity index (χ0v) is 25.5. The van der Waals surface area contributed by atoms with Crippen LogP contribution in [0.5, 0.6) is 5.75 Å². The molecule has 0 spiro atoms. The molecule has 0 saturated carbocycles. The highest BCUT2D eigenvalue weighted by Crippen LogP contribution is 2.45. The lowest BCUT2D eigenvalue weighted by molar-refractivity contribution is -0.191. The zero-order valence-electron chi connectivity index (χ0n) is 25.5. The largest absolute Gasteiger partial charge is 0.497 e. The van der Waals surface area contributed by atoms with Crippen molar-refractivity contribution >= 4 is 23.0 Å². The van der Waals surface area contributed by atoms with Gasteiger partial charge >= 0.3 is 5.97 Å². The lowest BCUT2D eigenvalue weighted by atomic mass is 9.77. The monoisotopic (exact) mass is 619 g/mol. The Morgan fingerprint density at radius 1 is 0.913 bits per heavy atom. The summed E-state index contributed by atoms with van der Waals surface area (Å²) in [6.45, 7) is 3.64. The average Bonchev–Trinajstić information content (AvgIpc) is 3.74. The van der Waals surface area contributed by atoms with Crippen LogP contribution in [-0.2, 0) is 24.5 Å². The lowest BCUT2D eigenvalue weighted by Gasteiger charge is -2.37. The first kappa shape index (κ1) is 29.6. The van der Waals surface area contributed by atoms with Crippen LogP contribution in [-0.4, -0.2) is 61.8 Å². The first-order valence-corrected chi connectivity index (χ1v) is 14.9. The van der Waals surface area contributed by atoms with Gasteiger partial charge in [-0.1, -0.05) is 72.8 Å². The van der Waals surface area contributed by atoms with Crippen molar-refractivity contribution in [1.82, 2.24) is 19.5 Å². The van der Waals surface area contributed by atoms with Gasteiger partial charge in [0, 0.05) is 6.08 Å². The van der Waals surface area contributed by atoms with Crippen LogP contribution in [0.4, 0.5) is 5.82 Å². The average molecular weight is 620 g/mol. The van der Waals surface area contributed by atoms with Crippen LogP contribution in [0.1, 0.15) is 36.8 Å². The van der Waals surface area contributed by atoms with Crippen LogP contribution >= 0.6 is 0 Å². The van der Waals surface area contributed by atoms with Gasteiger partial charge in [0.15, 0.2) is 29.0 Å². The van der Waals surface area contributed by atoms with Crippen molar-refractivity contribution in [2.24, 2.45) is 0 Å². The standard InChI is InChI=1S/C35H33N5O6/c1-34(2)45-29-26(18-19-27(41)42)44-33(30(29)46-34)40-21-38-28-31(36-20-37-32(28)40)39-35(22-10-6-4-7-11-22,23-12-8-5-9-13-23)24-14-16-25(43-3)17-15-24/h4-21,26,29-30,33H,1-3H3,(H,41,42)(H,36,37,39)/b19-18+/t26-,29-,30-,33-/m1/s1. The Morgan fingerprint density at radius 3 is 2.17 bits per heavy atom. The summed E-state index contributed by atoms with van der Waals surface area (Å²) in [7, 11) is 1.65. The third-order valence-electron chi connectivity index (χ3n) is 8.37. The van der Waals surface area contributed by atoms with E-state index in [4.69, 9.17) is 28.9 Å². The normalized spacial score (nSPS) is 22.2. The maximum Gasteiger partial charge on any atom is 0.328 e. The SMILES string of the molecule is COc1ccc(C(Nc2ncnc3c2ncn3[C@@H]2O[C@H](/C=C/C(=O)O)[C@H]3OC(C)(C)O[C@H]32)(c2ccccc2)c2ccccc2)cc1. The van der Waals surface area contributed by atoms with Crippen molar-refractivity contribution in [3.63, 3.8) is 0 Å². The number of ether oxygens (including phenoxy) is 4. The molecule has 0 unspecified atom stereocenters. The predicted molar refractivity (Wildman–Crippen MR) is 169 cm³/mol. The molecule has 2 saturated heterocycles. The van der Waals surface area contributed by atoms with E-state index < -0.39 is 41.8 Å².